The number of aromatic nitrogens is 2. The van der Waals surface area contributed by atoms with E-state index in [2.05, 4.69) is 31.2 Å². The fourth-order valence-electron chi connectivity index (χ4n) is 3.56. The smallest absolute Gasteiger partial charge is 0.327 e. The number of H-pyrrole nitrogens is 2. The summed E-state index contributed by atoms with van der Waals surface area (Å²) >= 11 is 3.36. The lowest BCUT2D eigenvalue weighted by atomic mass is 9.76. The van der Waals surface area contributed by atoms with Crippen molar-refractivity contribution in [1.82, 2.24) is 9.97 Å². The van der Waals surface area contributed by atoms with E-state index in [0.717, 1.165) is 0 Å². The summed E-state index contributed by atoms with van der Waals surface area (Å²) in [6.07, 6.45) is 1.73. The normalized spacial score (nSPS) is 19.2. The molecule has 128 valence electrons. The monoisotopic (exact) mass is 403 g/mol. The molecule has 1 aromatic carbocycles. The van der Waals surface area contributed by atoms with E-state index in [4.69, 9.17) is 0 Å². The number of phenols is 1. The first-order chi connectivity index (χ1) is 12.0. The zero-order valence-electron chi connectivity index (χ0n) is 13.0. The van der Waals surface area contributed by atoms with Crippen LogP contribution in [0.4, 0.5) is 5.82 Å². The Morgan fingerprint density at radius 3 is 2.72 bits per heavy atom. The van der Waals surface area contributed by atoms with Crippen molar-refractivity contribution in [3.63, 3.8) is 0 Å². The summed E-state index contributed by atoms with van der Waals surface area (Å²) in [5.41, 5.74) is 0.624. The second-order valence-corrected chi connectivity index (χ2v) is 7.04. The van der Waals surface area contributed by atoms with Crippen LogP contribution >= 0.6 is 15.9 Å². The Kier molecular flexibility index (Phi) is 3.64. The average molecular weight is 404 g/mol. The molecule has 1 aromatic heterocycles. The van der Waals surface area contributed by atoms with Crippen LogP contribution in [0.1, 0.15) is 36.3 Å². The number of aromatic amines is 2. The summed E-state index contributed by atoms with van der Waals surface area (Å²) in [5, 5.41) is 13.4. The van der Waals surface area contributed by atoms with Crippen molar-refractivity contribution < 1.29 is 9.90 Å². The van der Waals surface area contributed by atoms with E-state index < -0.39 is 17.2 Å². The Bertz CT molecular complexity index is 1050. The molecule has 25 heavy (non-hydrogen) atoms. The largest absolute Gasteiger partial charge is 0.508 e. The molecule has 8 heteroatoms. The van der Waals surface area contributed by atoms with E-state index in [0.29, 0.717) is 40.6 Å². The molecule has 1 unspecified atom stereocenters. The minimum absolute atomic E-state index is 0.0168. The number of aromatic hydroxyl groups is 1. The molecule has 0 spiro atoms. The topological polar surface area (TPSA) is 115 Å². The Labute approximate surface area is 149 Å². The summed E-state index contributed by atoms with van der Waals surface area (Å²) in [6, 6.07) is 4.87. The van der Waals surface area contributed by atoms with E-state index in [-0.39, 0.29) is 22.9 Å². The number of Topliss-reactive ketones (excluding diaryl/α,β-unsaturated/α-hetero) is 1. The predicted molar refractivity (Wildman–Crippen MR) is 94.8 cm³/mol. The van der Waals surface area contributed by atoms with Crippen molar-refractivity contribution in [2.75, 3.05) is 5.32 Å². The number of anilines is 1. The van der Waals surface area contributed by atoms with Crippen LogP contribution in [0.2, 0.25) is 0 Å². The lowest BCUT2D eigenvalue weighted by Crippen LogP contribution is -2.36. The number of rotatable bonds is 1. The number of phenolic OH excluding ortho intramolecular Hbond substituents is 1. The molecular formula is C17H14BrN3O4. The molecule has 4 N–H and O–H groups in total. The minimum atomic E-state index is -0.739. The quantitative estimate of drug-likeness (QED) is 0.581. The number of nitrogens with one attached hydrogen (secondary N) is 3. The Balaban J connectivity index is 2.07. The van der Waals surface area contributed by atoms with Crippen LogP contribution in [0, 0.1) is 0 Å². The SMILES string of the molecule is O=C1CCCC2=C1C(c1cc(Br)ccc1O)c1c([nH]c(=O)[nH]c1=O)N2. The molecule has 7 nitrogen and oxygen atoms in total. The second kappa shape index (κ2) is 5.73. The first kappa shape index (κ1) is 15.9. The molecule has 4 rings (SSSR count). The minimum Gasteiger partial charge on any atom is -0.508 e. The van der Waals surface area contributed by atoms with Crippen LogP contribution in [-0.4, -0.2) is 20.9 Å². The maximum Gasteiger partial charge on any atom is 0.327 e. The molecular weight excluding hydrogens is 390 g/mol. The van der Waals surface area contributed by atoms with Crippen molar-refractivity contribution in [2.24, 2.45) is 0 Å². The van der Waals surface area contributed by atoms with Crippen molar-refractivity contribution >= 4 is 27.5 Å². The van der Waals surface area contributed by atoms with E-state index in [1.165, 1.54) is 6.07 Å². The number of fused-ring (bicyclic) bond motifs is 1. The van der Waals surface area contributed by atoms with Crippen LogP contribution < -0.4 is 16.6 Å². The van der Waals surface area contributed by atoms with Crippen molar-refractivity contribution in [3.8, 4) is 5.75 Å². The fraction of sp³-hybridized carbons (Fsp3) is 0.235. The highest BCUT2D eigenvalue weighted by Crippen LogP contribution is 2.45. The highest BCUT2D eigenvalue weighted by molar-refractivity contribution is 9.10. The average Bonchev–Trinajstić information content (AvgIpc) is 2.55. The Hall–Kier alpha value is -2.61. The molecule has 0 bridgehead atoms. The molecule has 0 amide bonds. The summed E-state index contributed by atoms with van der Waals surface area (Å²) in [6.45, 7) is 0. The molecule has 0 saturated heterocycles. The van der Waals surface area contributed by atoms with Gasteiger partial charge in [-0.15, -0.1) is 0 Å². The zero-order chi connectivity index (χ0) is 17.7. The van der Waals surface area contributed by atoms with Gasteiger partial charge in [0.25, 0.3) is 5.56 Å². The van der Waals surface area contributed by atoms with Crippen LogP contribution in [0.5, 0.6) is 5.75 Å². The molecule has 1 atom stereocenters. The standard InChI is InChI=1S/C17H14BrN3O4/c18-7-4-5-10(22)8(6-7)12-13-9(2-1-3-11(13)23)19-15-14(12)16(24)21-17(25)20-15/h4-6,12,22H,1-3H2,(H3,19,20,21,24,25). The lowest BCUT2D eigenvalue weighted by Gasteiger charge is -2.33. The van der Waals surface area contributed by atoms with Crippen LogP contribution in [-0.2, 0) is 4.79 Å². The highest BCUT2D eigenvalue weighted by atomic mass is 79.9. The van der Waals surface area contributed by atoms with Gasteiger partial charge in [0.1, 0.15) is 11.6 Å². The van der Waals surface area contributed by atoms with Gasteiger partial charge in [-0.25, -0.2) is 4.79 Å². The maximum absolute atomic E-state index is 12.6. The number of halogens is 1. The second-order valence-electron chi connectivity index (χ2n) is 6.13. The van der Waals surface area contributed by atoms with Crippen molar-refractivity contribution in [2.45, 2.75) is 25.2 Å². The third kappa shape index (κ3) is 2.53. The van der Waals surface area contributed by atoms with E-state index in [1.54, 1.807) is 12.1 Å². The van der Waals surface area contributed by atoms with Crippen LogP contribution in [0.3, 0.4) is 0 Å². The van der Waals surface area contributed by atoms with Crippen molar-refractivity contribution in [3.05, 3.63) is 65.9 Å². The number of ketones is 1. The van der Waals surface area contributed by atoms with Gasteiger partial charge in [0.15, 0.2) is 5.78 Å². The van der Waals surface area contributed by atoms with E-state index in [9.17, 15) is 19.5 Å². The van der Waals surface area contributed by atoms with Crippen LogP contribution in [0.25, 0.3) is 0 Å². The van der Waals surface area contributed by atoms with E-state index in [1.807, 2.05) is 0 Å². The molecule has 0 radical (unpaired) electrons. The van der Waals surface area contributed by atoms with Gasteiger partial charge in [-0.05, 0) is 31.0 Å². The van der Waals surface area contributed by atoms with Crippen molar-refractivity contribution in [1.29, 1.82) is 0 Å². The number of benzene rings is 1. The molecule has 0 saturated carbocycles. The van der Waals surface area contributed by atoms with Gasteiger partial charge in [0.05, 0.1) is 11.5 Å². The van der Waals surface area contributed by atoms with Gasteiger partial charge in [-0.1, -0.05) is 15.9 Å². The van der Waals surface area contributed by atoms with Gasteiger partial charge in [-0.3, -0.25) is 19.6 Å². The van der Waals surface area contributed by atoms with Gasteiger partial charge in [0.2, 0.25) is 0 Å². The van der Waals surface area contributed by atoms with Gasteiger partial charge >= 0.3 is 5.69 Å². The molecule has 1 aliphatic heterocycles. The van der Waals surface area contributed by atoms with Crippen LogP contribution in [0.15, 0.2) is 43.5 Å². The molecule has 2 aromatic rings. The lowest BCUT2D eigenvalue weighted by molar-refractivity contribution is -0.116. The highest BCUT2D eigenvalue weighted by Gasteiger charge is 2.38. The van der Waals surface area contributed by atoms with Gasteiger partial charge in [-0.2, -0.15) is 0 Å². The number of carbonyl (C=O) groups is 1. The Morgan fingerprint density at radius 2 is 1.92 bits per heavy atom. The number of carbonyl (C=O) groups excluding carboxylic acids is 1. The maximum atomic E-state index is 12.6. The summed E-state index contributed by atoms with van der Waals surface area (Å²) < 4.78 is 0.714. The third-order valence-electron chi connectivity index (χ3n) is 4.59. The molecule has 1 aliphatic carbocycles. The Morgan fingerprint density at radius 1 is 1.12 bits per heavy atom. The third-order valence-corrected chi connectivity index (χ3v) is 5.08. The molecule has 0 fully saturated rings. The van der Waals surface area contributed by atoms with Gasteiger partial charge in [0, 0.05) is 27.7 Å². The molecule has 2 aliphatic rings. The molecule has 2 heterocycles. The summed E-state index contributed by atoms with van der Waals surface area (Å²) in [5.74, 6) is -0.546. The zero-order valence-corrected chi connectivity index (χ0v) is 14.6. The summed E-state index contributed by atoms with van der Waals surface area (Å²) in [4.78, 5) is 41.6. The summed E-state index contributed by atoms with van der Waals surface area (Å²) in [7, 11) is 0. The van der Waals surface area contributed by atoms with Gasteiger partial charge < -0.3 is 10.4 Å². The van der Waals surface area contributed by atoms with E-state index >= 15 is 0 Å². The number of hydrogen-bond donors (Lipinski definition) is 4. The fourth-order valence-corrected chi connectivity index (χ4v) is 3.94. The number of allylic oxidation sites excluding steroid dienone is 2. The first-order valence-electron chi connectivity index (χ1n) is 7.84. The predicted octanol–water partition coefficient (Wildman–Crippen LogP) is 2.10. The first-order valence-corrected chi connectivity index (χ1v) is 8.63. The number of hydrogen-bond acceptors (Lipinski definition) is 5.